The second-order valence-corrected chi connectivity index (χ2v) is 6.39. The van der Waals surface area contributed by atoms with Crippen LogP contribution in [0.2, 0.25) is 0 Å². The Hall–Kier alpha value is -0.0400. The minimum Gasteiger partial charge on any atom is -0.396 e. The summed E-state index contributed by atoms with van der Waals surface area (Å²) in [5.41, 5.74) is 0.384. The van der Waals surface area contributed by atoms with E-state index in [-0.39, 0.29) is 0 Å². The molecule has 2 fully saturated rings. The molecule has 0 radical (unpaired) electrons. The summed E-state index contributed by atoms with van der Waals surface area (Å²) in [5.74, 6) is 2.78. The van der Waals surface area contributed by atoms with E-state index in [9.17, 15) is 5.11 Å². The SMILES string of the molecule is CC(C)C1CCC(CC2(CO)CC2)CC1. The molecule has 0 spiro atoms. The molecule has 2 aliphatic rings. The van der Waals surface area contributed by atoms with E-state index in [0.717, 1.165) is 17.8 Å². The molecule has 0 aliphatic heterocycles. The quantitative estimate of drug-likeness (QED) is 0.751. The fourth-order valence-electron chi connectivity index (χ4n) is 3.27. The van der Waals surface area contributed by atoms with Gasteiger partial charge in [0.2, 0.25) is 0 Å². The zero-order chi connectivity index (χ0) is 10.9. The van der Waals surface area contributed by atoms with Gasteiger partial charge in [0.05, 0.1) is 0 Å². The highest BCUT2D eigenvalue weighted by Gasteiger charge is 2.43. The molecule has 0 aromatic rings. The molecule has 2 aliphatic carbocycles. The highest BCUT2D eigenvalue weighted by molar-refractivity contribution is 4.94. The van der Waals surface area contributed by atoms with Gasteiger partial charge in [-0.3, -0.25) is 0 Å². The van der Waals surface area contributed by atoms with Crippen LogP contribution in [0.25, 0.3) is 0 Å². The number of hydrogen-bond acceptors (Lipinski definition) is 1. The van der Waals surface area contributed by atoms with Crippen LogP contribution >= 0.6 is 0 Å². The first-order chi connectivity index (χ1) is 7.15. The molecule has 2 saturated carbocycles. The van der Waals surface area contributed by atoms with E-state index in [2.05, 4.69) is 13.8 Å². The predicted molar refractivity (Wildman–Crippen MR) is 63.7 cm³/mol. The standard InChI is InChI=1S/C14H26O/c1-11(2)13-5-3-12(4-6-13)9-14(10-15)7-8-14/h11-13,15H,3-10H2,1-2H3. The molecule has 1 heteroatoms. The monoisotopic (exact) mass is 210 g/mol. The van der Waals surface area contributed by atoms with Gasteiger partial charge in [0.15, 0.2) is 0 Å². The second-order valence-electron chi connectivity index (χ2n) is 6.39. The molecule has 0 bridgehead atoms. The van der Waals surface area contributed by atoms with Crippen molar-refractivity contribution in [3.63, 3.8) is 0 Å². The van der Waals surface area contributed by atoms with Crippen molar-refractivity contribution in [1.29, 1.82) is 0 Å². The van der Waals surface area contributed by atoms with Crippen LogP contribution in [0.3, 0.4) is 0 Å². The number of hydrogen-bond donors (Lipinski definition) is 1. The first kappa shape index (κ1) is 11.4. The average molecular weight is 210 g/mol. The lowest BCUT2D eigenvalue weighted by Crippen LogP contribution is -2.22. The van der Waals surface area contributed by atoms with Crippen LogP contribution in [0.15, 0.2) is 0 Å². The molecule has 0 heterocycles. The summed E-state index contributed by atoms with van der Waals surface area (Å²) in [6.45, 7) is 5.17. The topological polar surface area (TPSA) is 20.2 Å². The Kier molecular flexibility index (Phi) is 3.39. The summed E-state index contributed by atoms with van der Waals surface area (Å²) in [4.78, 5) is 0. The van der Waals surface area contributed by atoms with Crippen molar-refractivity contribution in [2.45, 2.75) is 58.8 Å². The predicted octanol–water partition coefficient (Wildman–Crippen LogP) is 3.61. The lowest BCUT2D eigenvalue weighted by molar-refractivity contribution is 0.148. The van der Waals surface area contributed by atoms with Crippen molar-refractivity contribution in [3.8, 4) is 0 Å². The van der Waals surface area contributed by atoms with Crippen molar-refractivity contribution < 1.29 is 5.11 Å². The molecule has 0 atom stereocenters. The van der Waals surface area contributed by atoms with Crippen molar-refractivity contribution >= 4 is 0 Å². The van der Waals surface area contributed by atoms with Gasteiger partial charge in [0.25, 0.3) is 0 Å². The maximum atomic E-state index is 9.33. The highest BCUT2D eigenvalue weighted by atomic mass is 16.3. The van der Waals surface area contributed by atoms with E-state index in [1.807, 2.05) is 0 Å². The molecule has 0 aromatic carbocycles. The first-order valence-corrected chi connectivity index (χ1v) is 6.76. The molecular formula is C14H26O. The van der Waals surface area contributed by atoms with Crippen molar-refractivity contribution in [1.82, 2.24) is 0 Å². The summed E-state index contributed by atoms with van der Waals surface area (Å²) >= 11 is 0. The fourth-order valence-corrected chi connectivity index (χ4v) is 3.27. The Morgan fingerprint density at radius 3 is 2.13 bits per heavy atom. The smallest absolute Gasteiger partial charge is 0.0487 e. The Morgan fingerprint density at radius 2 is 1.73 bits per heavy atom. The third-order valence-corrected chi connectivity index (χ3v) is 4.85. The van der Waals surface area contributed by atoms with E-state index in [1.165, 1.54) is 44.9 Å². The maximum absolute atomic E-state index is 9.33. The Balaban J connectivity index is 1.74. The van der Waals surface area contributed by atoms with Crippen LogP contribution in [0.4, 0.5) is 0 Å². The largest absolute Gasteiger partial charge is 0.396 e. The third kappa shape index (κ3) is 2.75. The number of rotatable bonds is 4. The molecule has 15 heavy (non-hydrogen) atoms. The van der Waals surface area contributed by atoms with Gasteiger partial charge in [-0.25, -0.2) is 0 Å². The average Bonchev–Trinajstić information content (AvgIpc) is 2.99. The van der Waals surface area contributed by atoms with E-state index >= 15 is 0 Å². The molecule has 0 amide bonds. The minimum absolute atomic E-state index is 0.384. The summed E-state index contributed by atoms with van der Waals surface area (Å²) < 4.78 is 0. The van der Waals surface area contributed by atoms with Gasteiger partial charge >= 0.3 is 0 Å². The lowest BCUT2D eigenvalue weighted by atomic mass is 9.74. The van der Waals surface area contributed by atoms with Crippen LogP contribution in [0, 0.1) is 23.2 Å². The van der Waals surface area contributed by atoms with E-state index in [1.54, 1.807) is 0 Å². The highest BCUT2D eigenvalue weighted by Crippen LogP contribution is 2.52. The normalized spacial score (nSPS) is 34.4. The second kappa shape index (κ2) is 4.45. The van der Waals surface area contributed by atoms with Crippen molar-refractivity contribution in [2.24, 2.45) is 23.2 Å². The van der Waals surface area contributed by atoms with Gasteiger partial charge in [-0.2, -0.15) is 0 Å². The molecule has 1 nitrogen and oxygen atoms in total. The third-order valence-electron chi connectivity index (χ3n) is 4.85. The van der Waals surface area contributed by atoms with E-state index in [4.69, 9.17) is 0 Å². The molecule has 1 N–H and O–H groups in total. The lowest BCUT2D eigenvalue weighted by Gasteiger charge is -2.32. The molecule has 0 unspecified atom stereocenters. The zero-order valence-corrected chi connectivity index (χ0v) is 10.3. The number of aliphatic hydroxyl groups is 1. The first-order valence-electron chi connectivity index (χ1n) is 6.76. The minimum atomic E-state index is 0.384. The van der Waals surface area contributed by atoms with Gasteiger partial charge in [-0.15, -0.1) is 0 Å². The zero-order valence-electron chi connectivity index (χ0n) is 10.3. The molecule has 0 aromatic heterocycles. The van der Waals surface area contributed by atoms with Gasteiger partial charge in [0.1, 0.15) is 0 Å². The van der Waals surface area contributed by atoms with Crippen molar-refractivity contribution in [2.75, 3.05) is 6.61 Å². The van der Waals surface area contributed by atoms with Gasteiger partial charge < -0.3 is 5.11 Å². The van der Waals surface area contributed by atoms with E-state index in [0.29, 0.717) is 12.0 Å². The summed E-state index contributed by atoms with van der Waals surface area (Å²) in [5, 5.41) is 9.33. The summed E-state index contributed by atoms with van der Waals surface area (Å²) in [6.07, 6.45) is 9.60. The molecule has 0 saturated heterocycles. The van der Waals surface area contributed by atoms with Crippen molar-refractivity contribution in [3.05, 3.63) is 0 Å². The summed E-state index contributed by atoms with van der Waals surface area (Å²) in [6, 6.07) is 0. The van der Waals surface area contributed by atoms with E-state index < -0.39 is 0 Å². The number of aliphatic hydroxyl groups excluding tert-OH is 1. The molecule has 88 valence electrons. The summed E-state index contributed by atoms with van der Waals surface area (Å²) in [7, 11) is 0. The maximum Gasteiger partial charge on any atom is 0.0487 e. The Labute approximate surface area is 94.3 Å². The van der Waals surface area contributed by atoms with Crippen LogP contribution in [-0.4, -0.2) is 11.7 Å². The van der Waals surface area contributed by atoms with Crippen LogP contribution in [0.5, 0.6) is 0 Å². The Bertz CT molecular complexity index is 197. The molecule has 2 rings (SSSR count). The van der Waals surface area contributed by atoms with Gasteiger partial charge in [-0.1, -0.05) is 26.7 Å². The molecular weight excluding hydrogens is 184 g/mol. The van der Waals surface area contributed by atoms with Gasteiger partial charge in [-0.05, 0) is 55.3 Å². The van der Waals surface area contributed by atoms with Crippen LogP contribution in [-0.2, 0) is 0 Å². The van der Waals surface area contributed by atoms with Gasteiger partial charge in [0, 0.05) is 6.61 Å². The fraction of sp³-hybridized carbons (Fsp3) is 1.00. The van der Waals surface area contributed by atoms with Crippen LogP contribution < -0.4 is 0 Å². The van der Waals surface area contributed by atoms with Crippen LogP contribution in [0.1, 0.15) is 58.8 Å². The Morgan fingerprint density at radius 1 is 1.13 bits per heavy atom.